The molecule has 0 atom stereocenters. The Morgan fingerprint density at radius 3 is 3.00 bits per heavy atom. The molecule has 2 aliphatic rings. The summed E-state index contributed by atoms with van der Waals surface area (Å²) in [5, 5.41) is 5.69. The Morgan fingerprint density at radius 2 is 2.23 bits per heavy atom. The smallest absolute Gasteiger partial charge is 0.267 e. The van der Waals surface area contributed by atoms with Crippen LogP contribution in [0.3, 0.4) is 0 Å². The average Bonchev–Trinajstić information content (AvgIpc) is 3.05. The summed E-state index contributed by atoms with van der Waals surface area (Å²) < 4.78 is 1.68. The van der Waals surface area contributed by atoms with Crippen molar-refractivity contribution < 1.29 is 0 Å². The largest absolute Gasteiger partial charge is 0.297 e. The first kappa shape index (κ1) is 14.1. The zero-order valence-electron chi connectivity index (χ0n) is 12.8. The van der Waals surface area contributed by atoms with E-state index in [0.29, 0.717) is 5.92 Å². The van der Waals surface area contributed by atoms with Crippen LogP contribution in [0.5, 0.6) is 0 Å². The number of aromatic nitrogens is 3. The highest BCUT2D eigenvalue weighted by Gasteiger charge is 2.28. The minimum atomic E-state index is 0.0668. The van der Waals surface area contributed by atoms with Gasteiger partial charge in [0.2, 0.25) is 0 Å². The third-order valence-electron chi connectivity index (χ3n) is 4.54. The molecule has 5 nitrogen and oxygen atoms in total. The highest BCUT2D eigenvalue weighted by molar-refractivity contribution is 7.11. The molecule has 2 aromatic rings. The average molecular weight is 316 g/mol. The molecule has 22 heavy (non-hydrogen) atoms. The Morgan fingerprint density at radius 1 is 1.36 bits per heavy atom. The molecular weight excluding hydrogens is 296 g/mol. The minimum Gasteiger partial charge on any atom is -0.297 e. The molecule has 1 fully saturated rings. The van der Waals surface area contributed by atoms with Crippen molar-refractivity contribution in [1.29, 1.82) is 0 Å². The van der Waals surface area contributed by atoms with Crippen LogP contribution >= 0.6 is 11.3 Å². The van der Waals surface area contributed by atoms with E-state index in [1.807, 2.05) is 13.1 Å². The second-order valence-electron chi connectivity index (χ2n) is 6.40. The summed E-state index contributed by atoms with van der Waals surface area (Å²) in [6.45, 7) is 5.86. The van der Waals surface area contributed by atoms with Gasteiger partial charge < -0.3 is 0 Å². The SMILES string of the molecule is Cc1ncc(CN2CC(Cn3nc4c(cc3=O)CCC4)C2)s1. The van der Waals surface area contributed by atoms with Gasteiger partial charge in [0, 0.05) is 42.7 Å². The van der Waals surface area contributed by atoms with Crippen LogP contribution in [-0.2, 0) is 25.9 Å². The molecule has 1 aliphatic heterocycles. The van der Waals surface area contributed by atoms with E-state index in [9.17, 15) is 4.79 Å². The number of nitrogens with zero attached hydrogens (tertiary/aromatic N) is 4. The van der Waals surface area contributed by atoms with E-state index in [2.05, 4.69) is 15.0 Å². The monoisotopic (exact) mass is 316 g/mol. The lowest BCUT2D eigenvalue weighted by Gasteiger charge is -2.38. The fraction of sp³-hybridized carbons (Fsp3) is 0.562. The maximum absolute atomic E-state index is 12.1. The zero-order chi connectivity index (χ0) is 15.1. The van der Waals surface area contributed by atoms with Crippen molar-refractivity contribution in [3.05, 3.63) is 43.8 Å². The van der Waals surface area contributed by atoms with Gasteiger partial charge in [-0.25, -0.2) is 9.67 Å². The van der Waals surface area contributed by atoms with Crippen LogP contribution in [0, 0.1) is 12.8 Å². The van der Waals surface area contributed by atoms with E-state index in [0.717, 1.165) is 61.7 Å². The number of likely N-dealkylation sites (tertiary alicyclic amines) is 1. The van der Waals surface area contributed by atoms with Gasteiger partial charge in [0.05, 0.1) is 17.2 Å². The van der Waals surface area contributed by atoms with Gasteiger partial charge in [0.1, 0.15) is 0 Å². The molecule has 0 saturated carbocycles. The number of hydrogen-bond acceptors (Lipinski definition) is 5. The lowest BCUT2D eigenvalue weighted by atomic mass is 10.0. The number of aryl methyl sites for hydroxylation is 3. The first-order valence-electron chi connectivity index (χ1n) is 7.91. The summed E-state index contributed by atoms with van der Waals surface area (Å²) in [6.07, 6.45) is 5.15. The summed E-state index contributed by atoms with van der Waals surface area (Å²) in [6, 6.07) is 1.80. The Bertz CT molecular complexity index is 745. The fourth-order valence-electron chi connectivity index (χ4n) is 3.43. The molecule has 4 rings (SSSR count). The number of hydrogen-bond donors (Lipinski definition) is 0. The van der Waals surface area contributed by atoms with Crippen molar-refractivity contribution in [2.75, 3.05) is 13.1 Å². The van der Waals surface area contributed by atoms with Crippen molar-refractivity contribution in [1.82, 2.24) is 19.7 Å². The Labute approximate surface area is 133 Å². The molecule has 0 radical (unpaired) electrons. The van der Waals surface area contributed by atoms with Gasteiger partial charge >= 0.3 is 0 Å². The number of fused-ring (bicyclic) bond motifs is 1. The number of rotatable bonds is 4. The molecular formula is C16H20N4OS. The topological polar surface area (TPSA) is 51.0 Å². The zero-order valence-corrected chi connectivity index (χ0v) is 13.6. The first-order valence-corrected chi connectivity index (χ1v) is 8.72. The predicted octanol–water partition coefficient (Wildman–Crippen LogP) is 1.63. The van der Waals surface area contributed by atoms with Crippen molar-refractivity contribution >= 4 is 11.3 Å². The third kappa shape index (κ3) is 2.73. The van der Waals surface area contributed by atoms with E-state index < -0.39 is 0 Å². The van der Waals surface area contributed by atoms with E-state index in [4.69, 9.17) is 0 Å². The molecule has 0 N–H and O–H groups in total. The molecule has 2 aromatic heterocycles. The Balaban J connectivity index is 1.35. The lowest BCUT2D eigenvalue weighted by molar-refractivity contribution is 0.0775. The molecule has 1 aliphatic carbocycles. The van der Waals surface area contributed by atoms with Crippen molar-refractivity contribution in [2.45, 2.75) is 39.3 Å². The van der Waals surface area contributed by atoms with Crippen LogP contribution in [0.1, 0.15) is 27.6 Å². The molecule has 0 bridgehead atoms. The van der Waals surface area contributed by atoms with Crippen LogP contribution in [-0.4, -0.2) is 32.8 Å². The summed E-state index contributed by atoms with van der Waals surface area (Å²) in [7, 11) is 0. The van der Waals surface area contributed by atoms with E-state index in [1.165, 1.54) is 4.88 Å². The van der Waals surface area contributed by atoms with Crippen molar-refractivity contribution in [2.24, 2.45) is 5.92 Å². The van der Waals surface area contributed by atoms with Gasteiger partial charge in [-0.3, -0.25) is 9.69 Å². The van der Waals surface area contributed by atoms with Gasteiger partial charge in [-0.15, -0.1) is 11.3 Å². The van der Waals surface area contributed by atoms with Crippen LogP contribution in [0.2, 0.25) is 0 Å². The molecule has 0 spiro atoms. The van der Waals surface area contributed by atoms with Crippen molar-refractivity contribution in [3.63, 3.8) is 0 Å². The summed E-state index contributed by atoms with van der Waals surface area (Å²) >= 11 is 1.77. The summed E-state index contributed by atoms with van der Waals surface area (Å²) in [5.74, 6) is 0.540. The van der Waals surface area contributed by atoms with E-state index >= 15 is 0 Å². The Kier molecular flexibility index (Phi) is 3.58. The van der Waals surface area contributed by atoms with Gasteiger partial charge in [-0.2, -0.15) is 5.10 Å². The molecule has 0 aromatic carbocycles. The normalized spacial score (nSPS) is 18.4. The molecule has 0 unspecified atom stereocenters. The van der Waals surface area contributed by atoms with E-state index in [1.54, 1.807) is 22.1 Å². The highest BCUT2D eigenvalue weighted by atomic mass is 32.1. The standard InChI is InChI=1S/C16H20N4OS/c1-11-17-6-14(22-11)10-19-7-12(8-19)9-20-16(21)5-13-3-2-4-15(13)18-20/h5-6,12H,2-4,7-10H2,1H3. The van der Waals surface area contributed by atoms with Gasteiger partial charge in [-0.05, 0) is 31.7 Å². The van der Waals surface area contributed by atoms with Crippen molar-refractivity contribution in [3.8, 4) is 0 Å². The van der Waals surface area contributed by atoms with Crippen LogP contribution < -0.4 is 5.56 Å². The molecule has 116 valence electrons. The van der Waals surface area contributed by atoms with Gasteiger partial charge in [-0.1, -0.05) is 0 Å². The highest BCUT2D eigenvalue weighted by Crippen LogP contribution is 2.23. The predicted molar refractivity (Wildman–Crippen MR) is 86.1 cm³/mol. The van der Waals surface area contributed by atoms with Crippen LogP contribution in [0.4, 0.5) is 0 Å². The van der Waals surface area contributed by atoms with Crippen LogP contribution in [0.15, 0.2) is 17.1 Å². The van der Waals surface area contributed by atoms with Gasteiger partial charge in [0.15, 0.2) is 0 Å². The first-order chi connectivity index (χ1) is 10.7. The second kappa shape index (κ2) is 5.59. The molecule has 6 heteroatoms. The fourth-order valence-corrected chi connectivity index (χ4v) is 4.27. The minimum absolute atomic E-state index is 0.0668. The maximum Gasteiger partial charge on any atom is 0.267 e. The maximum atomic E-state index is 12.1. The molecule has 1 saturated heterocycles. The number of thiazole rings is 1. The van der Waals surface area contributed by atoms with E-state index in [-0.39, 0.29) is 5.56 Å². The Hall–Kier alpha value is -1.53. The lowest BCUT2D eigenvalue weighted by Crippen LogP contribution is -2.48. The van der Waals surface area contributed by atoms with Crippen LogP contribution in [0.25, 0.3) is 0 Å². The third-order valence-corrected chi connectivity index (χ3v) is 5.43. The molecule has 3 heterocycles. The summed E-state index contributed by atoms with van der Waals surface area (Å²) in [5.41, 5.74) is 2.37. The second-order valence-corrected chi connectivity index (χ2v) is 7.72. The quantitative estimate of drug-likeness (QED) is 0.860. The molecule has 0 amide bonds. The van der Waals surface area contributed by atoms with Gasteiger partial charge in [0.25, 0.3) is 5.56 Å². The summed E-state index contributed by atoms with van der Waals surface area (Å²) in [4.78, 5) is 20.1.